The second kappa shape index (κ2) is 17.0. The SMILES string of the molecule is O=C(O)CCCCCCC/C=C/CCCCCCCCC(=O)O. The van der Waals surface area contributed by atoms with Crippen LogP contribution in [0.5, 0.6) is 0 Å². The van der Waals surface area contributed by atoms with Crippen LogP contribution < -0.4 is 0 Å². The molecule has 0 fully saturated rings. The maximum atomic E-state index is 10.3. The van der Waals surface area contributed by atoms with E-state index in [1.54, 1.807) is 0 Å². The molecule has 0 atom stereocenters. The van der Waals surface area contributed by atoms with E-state index < -0.39 is 11.9 Å². The maximum absolute atomic E-state index is 10.3. The number of hydrogen-bond donors (Lipinski definition) is 2. The van der Waals surface area contributed by atoms with Gasteiger partial charge in [0.25, 0.3) is 0 Å². The largest absolute Gasteiger partial charge is 0.481 e. The Hall–Kier alpha value is -1.32. The normalized spacial score (nSPS) is 11.1. The van der Waals surface area contributed by atoms with E-state index in [0.717, 1.165) is 51.4 Å². The zero-order valence-corrected chi connectivity index (χ0v) is 14.5. The Morgan fingerprint density at radius 1 is 0.522 bits per heavy atom. The molecule has 0 spiro atoms. The van der Waals surface area contributed by atoms with Gasteiger partial charge in [0.15, 0.2) is 0 Å². The van der Waals surface area contributed by atoms with Gasteiger partial charge in [-0.1, -0.05) is 57.1 Å². The first kappa shape index (κ1) is 21.7. The van der Waals surface area contributed by atoms with Crippen LogP contribution in [-0.2, 0) is 9.59 Å². The highest BCUT2D eigenvalue weighted by Gasteiger charge is 1.97. The second-order valence-electron chi connectivity index (χ2n) is 6.23. The summed E-state index contributed by atoms with van der Waals surface area (Å²) in [4.78, 5) is 20.7. The summed E-state index contributed by atoms with van der Waals surface area (Å²) in [6.07, 6.45) is 19.5. The van der Waals surface area contributed by atoms with Crippen molar-refractivity contribution in [1.82, 2.24) is 0 Å². The fourth-order valence-electron chi connectivity index (χ4n) is 2.55. The van der Waals surface area contributed by atoms with Crippen LogP contribution in [0.15, 0.2) is 12.2 Å². The van der Waals surface area contributed by atoms with E-state index in [-0.39, 0.29) is 0 Å². The van der Waals surface area contributed by atoms with Gasteiger partial charge in [-0.15, -0.1) is 0 Å². The number of carboxylic acids is 2. The summed E-state index contributed by atoms with van der Waals surface area (Å²) in [6.45, 7) is 0. The Morgan fingerprint density at radius 3 is 1.17 bits per heavy atom. The molecule has 0 saturated heterocycles. The highest BCUT2D eigenvalue weighted by molar-refractivity contribution is 5.66. The highest BCUT2D eigenvalue weighted by atomic mass is 16.4. The number of carbonyl (C=O) groups is 2. The first-order valence-electron chi connectivity index (χ1n) is 9.21. The number of carboxylic acid groups (broad SMARTS) is 2. The molecule has 0 aromatic heterocycles. The van der Waals surface area contributed by atoms with Crippen LogP contribution in [0.4, 0.5) is 0 Å². The Morgan fingerprint density at radius 2 is 0.826 bits per heavy atom. The average molecular weight is 326 g/mol. The van der Waals surface area contributed by atoms with Crippen molar-refractivity contribution < 1.29 is 19.8 Å². The molecule has 0 radical (unpaired) electrons. The molecule has 0 unspecified atom stereocenters. The molecule has 0 amide bonds. The fraction of sp³-hybridized carbons (Fsp3) is 0.789. The van der Waals surface area contributed by atoms with E-state index in [1.165, 1.54) is 32.1 Å². The molecule has 0 heterocycles. The average Bonchev–Trinajstić information content (AvgIpc) is 2.49. The van der Waals surface area contributed by atoms with Gasteiger partial charge >= 0.3 is 11.9 Å². The standard InChI is InChI=1S/C19H34O4/c20-18(21)16-14-12-10-8-6-4-2-1-3-5-7-9-11-13-15-17-19(22)23/h1-2H,3-17H2,(H,20,21)(H,22,23)/b2-1+. The van der Waals surface area contributed by atoms with Gasteiger partial charge in [0.1, 0.15) is 0 Å². The van der Waals surface area contributed by atoms with Gasteiger partial charge in [0, 0.05) is 12.8 Å². The predicted octanol–water partition coefficient (Wildman–Crippen LogP) is 5.56. The Balaban J connectivity index is 3.11. The molecule has 0 aliphatic rings. The van der Waals surface area contributed by atoms with Crippen molar-refractivity contribution in [3.63, 3.8) is 0 Å². The first-order chi connectivity index (χ1) is 11.1. The molecule has 0 rings (SSSR count). The Kier molecular flexibility index (Phi) is 16.1. The molecule has 134 valence electrons. The minimum Gasteiger partial charge on any atom is -0.481 e. The lowest BCUT2D eigenvalue weighted by molar-refractivity contribution is -0.138. The molecule has 23 heavy (non-hydrogen) atoms. The van der Waals surface area contributed by atoms with Crippen molar-refractivity contribution in [1.29, 1.82) is 0 Å². The van der Waals surface area contributed by atoms with Gasteiger partial charge in [0.05, 0.1) is 0 Å². The summed E-state index contributed by atoms with van der Waals surface area (Å²) in [5.74, 6) is -1.37. The van der Waals surface area contributed by atoms with Crippen LogP contribution in [0.1, 0.15) is 96.3 Å². The summed E-state index contributed by atoms with van der Waals surface area (Å²) < 4.78 is 0. The monoisotopic (exact) mass is 326 g/mol. The quantitative estimate of drug-likeness (QED) is 0.271. The molecule has 0 aromatic rings. The van der Waals surface area contributed by atoms with E-state index in [4.69, 9.17) is 10.2 Å². The van der Waals surface area contributed by atoms with E-state index in [0.29, 0.717) is 12.8 Å². The van der Waals surface area contributed by atoms with Crippen molar-refractivity contribution in [2.45, 2.75) is 96.3 Å². The van der Waals surface area contributed by atoms with Crippen LogP contribution in [0, 0.1) is 0 Å². The number of aliphatic carboxylic acids is 2. The number of allylic oxidation sites excluding steroid dienone is 2. The Labute approximate surface area is 141 Å². The smallest absolute Gasteiger partial charge is 0.303 e. The summed E-state index contributed by atoms with van der Waals surface area (Å²) >= 11 is 0. The van der Waals surface area contributed by atoms with E-state index in [2.05, 4.69) is 12.2 Å². The van der Waals surface area contributed by atoms with E-state index in [9.17, 15) is 9.59 Å². The lowest BCUT2D eigenvalue weighted by Crippen LogP contribution is -1.93. The first-order valence-corrected chi connectivity index (χ1v) is 9.21. The van der Waals surface area contributed by atoms with Crippen molar-refractivity contribution >= 4 is 11.9 Å². The fourth-order valence-corrected chi connectivity index (χ4v) is 2.55. The highest BCUT2D eigenvalue weighted by Crippen LogP contribution is 2.10. The van der Waals surface area contributed by atoms with Gasteiger partial charge in [-0.05, 0) is 38.5 Å². The van der Waals surface area contributed by atoms with Crippen LogP contribution in [0.2, 0.25) is 0 Å². The third-order valence-electron chi connectivity index (χ3n) is 3.94. The molecule has 4 heteroatoms. The molecule has 0 saturated carbocycles. The Bertz CT molecular complexity index is 323. The van der Waals surface area contributed by atoms with Gasteiger partial charge in [-0.2, -0.15) is 0 Å². The minimum absolute atomic E-state index is 0.305. The van der Waals surface area contributed by atoms with Crippen molar-refractivity contribution in [2.75, 3.05) is 0 Å². The predicted molar refractivity (Wildman–Crippen MR) is 93.7 cm³/mol. The van der Waals surface area contributed by atoms with E-state index in [1.807, 2.05) is 0 Å². The van der Waals surface area contributed by atoms with Gasteiger partial charge in [-0.25, -0.2) is 0 Å². The van der Waals surface area contributed by atoms with Crippen LogP contribution in [0.3, 0.4) is 0 Å². The summed E-state index contributed by atoms with van der Waals surface area (Å²) in [6, 6.07) is 0. The zero-order chi connectivity index (χ0) is 17.2. The number of unbranched alkanes of at least 4 members (excludes halogenated alkanes) is 11. The van der Waals surface area contributed by atoms with Gasteiger partial charge in [0.2, 0.25) is 0 Å². The lowest BCUT2D eigenvalue weighted by atomic mass is 10.1. The van der Waals surface area contributed by atoms with E-state index >= 15 is 0 Å². The van der Waals surface area contributed by atoms with Crippen LogP contribution in [0.25, 0.3) is 0 Å². The van der Waals surface area contributed by atoms with Gasteiger partial charge < -0.3 is 10.2 Å². The molecule has 0 aliphatic heterocycles. The summed E-state index contributed by atoms with van der Waals surface area (Å²) in [7, 11) is 0. The third kappa shape index (κ3) is 20.7. The van der Waals surface area contributed by atoms with Crippen LogP contribution in [-0.4, -0.2) is 22.2 Å². The zero-order valence-electron chi connectivity index (χ0n) is 14.5. The summed E-state index contributed by atoms with van der Waals surface area (Å²) in [5, 5.41) is 17.0. The van der Waals surface area contributed by atoms with Gasteiger partial charge in [-0.3, -0.25) is 9.59 Å². The molecule has 2 N–H and O–H groups in total. The molecular formula is C19H34O4. The summed E-state index contributed by atoms with van der Waals surface area (Å²) in [5.41, 5.74) is 0. The van der Waals surface area contributed by atoms with Crippen molar-refractivity contribution in [2.24, 2.45) is 0 Å². The topological polar surface area (TPSA) is 74.6 Å². The lowest BCUT2D eigenvalue weighted by Gasteiger charge is -2.00. The third-order valence-corrected chi connectivity index (χ3v) is 3.94. The molecular weight excluding hydrogens is 292 g/mol. The van der Waals surface area contributed by atoms with Crippen LogP contribution >= 0.6 is 0 Å². The second-order valence-corrected chi connectivity index (χ2v) is 6.23. The molecule has 0 bridgehead atoms. The molecule has 0 aliphatic carbocycles. The number of hydrogen-bond acceptors (Lipinski definition) is 2. The van der Waals surface area contributed by atoms with Crippen molar-refractivity contribution in [3.05, 3.63) is 12.2 Å². The minimum atomic E-state index is -0.687. The molecule has 0 aromatic carbocycles. The maximum Gasteiger partial charge on any atom is 0.303 e. The van der Waals surface area contributed by atoms with Crippen molar-refractivity contribution in [3.8, 4) is 0 Å². The molecule has 4 nitrogen and oxygen atoms in total. The number of rotatable bonds is 17.